The lowest BCUT2D eigenvalue weighted by Gasteiger charge is -2.32. The van der Waals surface area contributed by atoms with Gasteiger partial charge in [-0.1, -0.05) is 152 Å². The third-order valence-electron chi connectivity index (χ3n) is 15.4. The summed E-state index contributed by atoms with van der Waals surface area (Å²) in [5.74, 6) is 0. The number of para-hydroxylation sites is 2. The van der Waals surface area contributed by atoms with E-state index < -0.39 is 5.41 Å². The molecule has 0 saturated heterocycles. The van der Waals surface area contributed by atoms with Gasteiger partial charge in [-0.05, 0) is 127 Å². The fourth-order valence-electron chi connectivity index (χ4n) is 12.5. The van der Waals surface area contributed by atoms with Crippen molar-refractivity contribution in [2.24, 2.45) is 0 Å². The molecule has 13 aromatic rings. The molecule has 328 valence electrons. The van der Waals surface area contributed by atoms with Crippen LogP contribution < -0.4 is 0 Å². The van der Waals surface area contributed by atoms with Gasteiger partial charge in [0.15, 0.2) is 0 Å². The number of hydrogen-bond acceptors (Lipinski definition) is 3. The Balaban J connectivity index is 1.08. The second-order valence-corrected chi connectivity index (χ2v) is 18.8. The van der Waals surface area contributed by atoms with Gasteiger partial charge < -0.3 is 9.13 Å². The van der Waals surface area contributed by atoms with Crippen LogP contribution in [-0.4, -0.2) is 19.1 Å². The quantitative estimate of drug-likeness (QED) is 0.173. The third kappa shape index (κ3) is 5.39. The molecule has 0 bridgehead atoms. The van der Waals surface area contributed by atoms with E-state index in [-0.39, 0.29) is 0 Å². The summed E-state index contributed by atoms with van der Waals surface area (Å²) in [6, 6.07) is 79.3. The van der Waals surface area contributed by atoms with E-state index in [4.69, 9.17) is 0 Å². The summed E-state index contributed by atoms with van der Waals surface area (Å²) in [5.41, 5.74) is 21.8. The Hall–Kier alpha value is -9.63. The van der Waals surface area contributed by atoms with Crippen LogP contribution in [0.1, 0.15) is 27.8 Å². The number of fused-ring (bicyclic) bond motifs is 16. The molecule has 5 nitrogen and oxygen atoms in total. The van der Waals surface area contributed by atoms with Crippen molar-refractivity contribution in [3.63, 3.8) is 0 Å². The van der Waals surface area contributed by atoms with E-state index in [1.165, 1.54) is 33.4 Å². The highest BCUT2D eigenvalue weighted by Crippen LogP contribution is 2.64. The van der Waals surface area contributed by atoms with Crippen LogP contribution in [0.3, 0.4) is 0 Å². The second-order valence-electron chi connectivity index (χ2n) is 18.8. The monoisotopic (exact) mass is 901 g/mol. The van der Waals surface area contributed by atoms with Crippen LogP contribution >= 0.6 is 0 Å². The largest absolute Gasteiger partial charge is 0.308 e. The number of aromatic nitrogens is 4. The van der Waals surface area contributed by atoms with Crippen LogP contribution in [0, 0.1) is 11.3 Å². The summed E-state index contributed by atoms with van der Waals surface area (Å²) in [7, 11) is 0. The van der Waals surface area contributed by atoms with E-state index in [1.807, 2.05) is 24.8 Å². The smallest absolute Gasteiger partial charge is 0.104 e. The summed E-state index contributed by atoms with van der Waals surface area (Å²) in [5, 5.41) is 16.4. The molecule has 15 rings (SSSR count). The Morgan fingerprint density at radius 1 is 0.352 bits per heavy atom. The zero-order chi connectivity index (χ0) is 46.8. The molecule has 0 saturated carbocycles. The third-order valence-corrected chi connectivity index (χ3v) is 15.4. The number of nitriles is 1. The summed E-state index contributed by atoms with van der Waals surface area (Å²) in [6.07, 6.45) is 7.86. The van der Waals surface area contributed by atoms with E-state index >= 15 is 0 Å². The number of rotatable bonds is 5. The number of benzene rings is 9. The SMILES string of the molecule is N#Cc1c(-n2c3ccccc3c3cc(-c4ccccc4)ccc32)cc(-c2cccc3c2C2(c4ccncc4-c4cnccc42)c2ccccc2-3)cc1-n1c2ccccc2c2cc(-c3ccccc3)ccc21. The normalized spacial score (nSPS) is 12.9. The molecular formula is C66H39N5. The van der Waals surface area contributed by atoms with E-state index in [0.29, 0.717) is 5.56 Å². The minimum atomic E-state index is -0.658. The topological polar surface area (TPSA) is 59.4 Å². The molecular weight excluding hydrogens is 863 g/mol. The average Bonchev–Trinajstić information content (AvgIpc) is 4.15. The van der Waals surface area contributed by atoms with E-state index in [2.05, 4.69) is 237 Å². The van der Waals surface area contributed by atoms with Crippen molar-refractivity contribution >= 4 is 43.6 Å². The molecule has 0 atom stereocenters. The Bertz CT molecular complexity index is 4180. The van der Waals surface area contributed by atoms with Gasteiger partial charge >= 0.3 is 0 Å². The Morgan fingerprint density at radius 2 is 0.817 bits per heavy atom. The molecule has 1 spiro atoms. The lowest BCUT2D eigenvalue weighted by atomic mass is 9.69. The second kappa shape index (κ2) is 14.9. The highest BCUT2D eigenvalue weighted by Gasteiger charge is 2.53. The van der Waals surface area contributed by atoms with Gasteiger partial charge in [0.2, 0.25) is 0 Å². The number of nitrogens with zero attached hydrogens (tertiary/aromatic N) is 5. The summed E-state index contributed by atoms with van der Waals surface area (Å²) in [4.78, 5) is 9.36. The lowest BCUT2D eigenvalue weighted by Crippen LogP contribution is -2.26. The fraction of sp³-hybridized carbons (Fsp3) is 0.0152. The molecule has 2 aliphatic carbocycles. The maximum atomic E-state index is 11.9. The van der Waals surface area contributed by atoms with Crippen molar-refractivity contribution in [3.05, 3.63) is 265 Å². The Labute approximate surface area is 409 Å². The van der Waals surface area contributed by atoms with E-state index in [0.717, 1.165) is 99.5 Å². The first-order valence-corrected chi connectivity index (χ1v) is 24.1. The van der Waals surface area contributed by atoms with Crippen LogP contribution in [-0.2, 0) is 5.41 Å². The van der Waals surface area contributed by atoms with Gasteiger partial charge in [-0.25, -0.2) is 0 Å². The van der Waals surface area contributed by atoms with Crippen molar-refractivity contribution in [2.45, 2.75) is 5.41 Å². The zero-order valence-electron chi connectivity index (χ0n) is 38.3. The predicted octanol–water partition coefficient (Wildman–Crippen LogP) is 15.9. The molecule has 9 aromatic carbocycles. The Morgan fingerprint density at radius 3 is 1.38 bits per heavy atom. The lowest BCUT2D eigenvalue weighted by molar-refractivity contribution is 0.792. The molecule has 0 radical (unpaired) electrons. The van der Waals surface area contributed by atoms with Crippen LogP contribution in [0.4, 0.5) is 0 Å². The van der Waals surface area contributed by atoms with Crippen molar-refractivity contribution in [2.75, 3.05) is 0 Å². The molecule has 0 N–H and O–H groups in total. The summed E-state index contributed by atoms with van der Waals surface area (Å²) < 4.78 is 4.66. The van der Waals surface area contributed by atoms with Gasteiger partial charge in [0.25, 0.3) is 0 Å². The zero-order valence-corrected chi connectivity index (χ0v) is 38.3. The molecule has 0 unspecified atom stereocenters. The minimum absolute atomic E-state index is 0.581. The van der Waals surface area contributed by atoms with Crippen LogP contribution in [0.5, 0.6) is 0 Å². The van der Waals surface area contributed by atoms with Crippen LogP contribution in [0.25, 0.3) is 111 Å². The van der Waals surface area contributed by atoms with Crippen LogP contribution in [0.15, 0.2) is 237 Å². The molecule has 0 fully saturated rings. The van der Waals surface area contributed by atoms with Gasteiger partial charge in [-0.15, -0.1) is 0 Å². The van der Waals surface area contributed by atoms with E-state index in [1.54, 1.807) is 0 Å². The average molecular weight is 902 g/mol. The van der Waals surface area contributed by atoms with Gasteiger partial charge in [0.1, 0.15) is 11.6 Å². The molecule has 2 aliphatic rings. The standard InChI is InChI=1S/C66H39N5/c67-38-53-63(70-59-24-11-8-19-48(59)51-34-43(26-28-61(51)70)41-14-3-1-4-15-41)36-45(37-64(53)71-60-25-12-9-20-49(60)52-35-44(27-29-62(52)71)42-16-5-2-6-17-42)46-21-13-22-50-47-18-7-10-23-56(47)66(65(46)50)57-30-32-68-39-54(57)55-40-69-33-31-58(55)66/h1-37,39-40H. The van der Waals surface area contributed by atoms with Crippen LogP contribution in [0.2, 0.25) is 0 Å². The fourth-order valence-corrected chi connectivity index (χ4v) is 12.5. The minimum Gasteiger partial charge on any atom is -0.308 e. The number of pyridine rings is 2. The molecule has 4 heterocycles. The maximum absolute atomic E-state index is 11.9. The van der Waals surface area contributed by atoms with Crippen molar-refractivity contribution < 1.29 is 0 Å². The van der Waals surface area contributed by atoms with Gasteiger partial charge in [0, 0.05) is 57.5 Å². The van der Waals surface area contributed by atoms with Gasteiger partial charge in [0.05, 0.1) is 38.9 Å². The summed E-state index contributed by atoms with van der Waals surface area (Å²) in [6.45, 7) is 0. The van der Waals surface area contributed by atoms with Crippen molar-refractivity contribution in [1.82, 2.24) is 19.1 Å². The first-order chi connectivity index (χ1) is 35.2. The van der Waals surface area contributed by atoms with Crippen molar-refractivity contribution in [1.29, 1.82) is 5.26 Å². The number of hydrogen-bond donors (Lipinski definition) is 0. The highest BCUT2D eigenvalue weighted by molar-refractivity contribution is 6.13. The Kier molecular flexibility index (Phi) is 8.28. The van der Waals surface area contributed by atoms with Gasteiger partial charge in [-0.3, -0.25) is 9.97 Å². The molecule has 5 heteroatoms. The molecule has 0 aliphatic heterocycles. The van der Waals surface area contributed by atoms with E-state index in [9.17, 15) is 5.26 Å². The first kappa shape index (κ1) is 39.4. The molecule has 0 amide bonds. The molecule has 71 heavy (non-hydrogen) atoms. The molecule has 4 aromatic heterocycles. The maximum Gasteiger partial charge on any atom is 0.104 e. The van der Waals surface area contributed by atoms with Gasteiger partial charge in [-0.2, -0.15) is 5.26 Å². The highest BCUT2D eigenvalue weighted by atomic mass is 15.0. The van der Waals surface area contributed by atoms with Crippen molar-refractivity contribution in [3.8, 4) is 73.1 Å². The first-order valence-electron chi connectivity index (χ1n) is 24.1. The predicted molar refractivity (Wildman–Crippen MR) is 288 cm³/mol. The summed E-state index contributed by atoms with van der Waals surface area (Å²) >= 11 is 0.